The first-order valence-corrected chi connectivity index (χ1v) is 8.93. The SMILES string of the molecule is O=C(O)C1CCN(C2CCS(=O)(=O)c3ccccc32)CC1. The summed E-state index contributed by atoms with van der Waals surface area (Å²) in [7, 11) is -3.16. The highest BCUT2D eigenvalue weighted by Gasteiger charge is 2.35. The monoisotopic (exact) mass is 309 g/mol. The number of rotatable bonds is 2. The van der Waals surface area contributed by atoms with Crippen molar-refractivity contribution in [2.45, 2.75) is 30.2 Å². The molecule has 0 amide bonds. The quantitative estimate of drug-likeness (QED) is 0.900. The fraction of sp³-hybridized carbons (Fsp3) is 0.533. The second-order valence-corrected chi connectivity index (χ2v) is 7.89. The van der Waals surface area contributed by atoms with Crippen LogP contribution in [0.25, 0.3) is 0 Å². The van der Waals surface area contributed by atoms with E-state index in [1.807, 2.05) is 12.1 Å². The summed E-state index contributed by atoms with van der Waals surface area (Å²) in [5, 5.41) is 9.06. The molecule has 3 rings (SSSR count). The molecule has 0 spiro atoms. The number of hydrogen-bond acceptors (Lipinski definition) is 4. The highest BCUT2D eigenvalue weighted by Crippen LogP contribution is 2.37. The van der Waals surface area contributed by atoms with Gasteiger partial charge in [-0.3, -0.25) is 9.69 Å². The van der Waals surface area contributed by atoms with E-state index in [-0.39, 0.29) is 17.7 Å². The van der Waals surface area contributed by atoms with Gasteiger partial charge in [-0.2, -0.15) is 0 Å². The van der Waals surface area contributed by atoms with Crippen molar-refractivity contribution in [3.05, 3.63) is 29.8 Å². The minimum absolute atomic E-state index is 0.0967. The zero-order valence-corrected chi connectivity index (χ0v) is 12.6. The Labute approximate surface area is 124 Å². The summed E-state index contributed by atoms with van der Waals surface area (Å²) in [4.78, 5) is 13.7. The topological polar surface area (TPSA) is 74.7 Å². The van der Waals surface area contributed by atoms with Crippen molar-refractivity contribution in [1.82, 2.24) is 4.90 Å². The van der Waals surface area contributed by atoms with E-state index in [0.717, 1.165) is 18.7 Å². The van der Waals surface area contributed by atoms with Crippen LogP contribution >= 0.6 is 0 Å². The van der Waals surface area contributed by atoms with Crippen LogP contribution in [0.4, 0.5) is 0 Å². The number of hydrogen-bond donors (Lipinski definition) is 1. The fourth-order valence-electron chi connectivity index (χ4n) is 3.41. The van der Waals surface area contributed by atoms with E-state index in [0.29, 0.717) is 24.2 Å². The Morgan fingerprint density at radius 2 is 1.81 bits per heavy atom. The number of aliphatic carboxylic acids is 1. The molecule has 0 aromatic heterocycles. The second kappa shape index (κ2) is 5.42. The lowest BCUT2D eigenvalue weighted by atomic mass is 9.93. The molecule has 0 radical (unpaired) electrons. The first-order chi connectivity index (χ1) is 9.99. The molecule has 1 unspecified atom stereocenters. The summed E-state index contributed by atoms with van der Waals surface area (Å²) < 4.78 is 24.3. The molecule has 1 aromatic rings. The maximum atomic E-state index is 12.1. The molecule has 0 bridgehead atoms. The van der Waals surface area contributed by atoms with Gasteiger partial charge in [0.2, 0.25) is 0 Å². The molecule has 114 valence electrons. The Kier molecular flexibility index (Phi) is 3.75. The molecule has 0 saturated carbocycles. The molecule has 2 aliphatic rings. The molecule has 1 N–H and O–H groups in total. The first-order valence-electron chi connectivity index (χ1n) is 7.27. The number of fused-ring (bicyclic) bond motifs is 1. The van der Waals surface area contributed by atoms with Crippen LogP contribution in [0.3, 0.4) is 0 Å². The zero-order valence-electron chi connectivity index (χ0n) is 11.7. The van der Waals surface area contributed by atoms with Gasteiger partial charge in [-0.15, -0.1) is 0 Å². The van der Waals surface area contributed by atoms with E-state index in [1.54, 1.807) is 12.1 Å². The summed E-state index contributed by atoms with van der Waals surface area (Å²) in [6.07, 6.45) is 1.87. The van der Waals surface area contributed by atoms with Gasteiger partial charge in [0.25, 0.3) is 0 Å². The maximum absolute atomic E-state index is 12.1. The standard InChI is InChI=1S/C15H19NO4S/c17-15(18)11-5-8-16(9-6-11)13-7-10-21(19,20)14-4-2-1-3-12(13)14/h1-4,11,13H,5-10H2,(H,17,18). The van der Waals surface area contributed by atoms with Crippen molar-refractivity contribution < 1.29 is 18.3 Å². The molecular weight excluding hydrogens is 290 g/mol. The molecule has 1 fully saturated rings. The van der Waals surface area contributed by atoms with Crippen molar-refractivity contribution in [3.63, 3.8) is 0 Å². The number of carbonyl (C=O) groups is 1. The van der Waals surface area contributed by atoms with Gasteiger partial charge in [-0.05, 0) is 44.0 Å². The summed E-state index contributed by atoms with van der Waals surface area (Å²) in [6.45, 7) is 1.44. The highest BCUT2D eigenvalue weighted by molar-refractivity contribution is 7.91. The predicted octanol–water partition coefficient (Wildman–Crippen LogP) is 1.70. The molecule has 2 aliphatic heterocycles. The minimum Gasteiger partial charge on any atom is -0.481 e. The predicted molar refractivity (Wildman–Crippen MR) is 77.8 cm³/mol. The van der Waals surface area contributed by atoms with Gasteiger partial charge in [-0.1, -0.05) is 18.2 Å². The average Bonchev–Trinajstić information content (AvgIpc) is 2.48. The lowest BCUT2D eigenvalue weighted by Gasteiger charge is -2.39. The number of piperidine rings is 1. The van der Waals surface area contributed by atoms with Crippen LogP contribution in [0.5, 0.6) is 0 Å². The van der Waals surface area contributed by atoms with Gasteiger partial charge >= 0.3 is 5.97 Å². The first kappa shape index (κ1) is 14.5. The van der Waals surface area contributed by atoms with E-state index in [1.165, 1.54) is 0 Å². The Morgan fingerprint density at radius 1 is 1.14 bits per heavy atom. The van der Waals surface area contributed by atoms with Crippen molar-refractivity contribution >= 4 is 15.8 Å². The second-order valence-electron chi connectivity index (χ2n) is 5.81. The molecule has 1 aromatic carbocycles. The van der Waals surface area contributed by atoms with Crippen LogP contribution in [-0.4, -0.2) is 43.2 Å². The summed E-state index contributed by atoms with van der Waals surface area (Å²) >= 11 is 0. The van der Waals surface area contributed by atoms with E-state index in [4.69, 9.17) is 5.11 Å². The molecule has 0 aliphatic carbocycles. The van der Waals surface area contributed by atoms with Gasteiger partial charge in [0.15, 0.2) is 9.84 Å². The van der Waals surface area contributed by atoms with E-state index in [9.17, 15) is 13.2 Å². The van der Waals surface area contributed by atoms with Gasteiger partial charge < -0.3 is 5.11 Å². The van der Waals surface area contributed by atoms with Crippen molar-refractivity contribution in [3.8, 4) is 0 Å². The van der Waals surface area contributed by atoms with E-state index in [2.05, 4.69) is 4.90 Å². The number of nitrogens with zero attached hydrogens (tertiary/aromatic N) is 1. The fourth-order valence-corrected chi connectivity index (χ4v) is 5.01. The molecule has 6 heteroatoms. The zero-order chi connectivity index (χ0) is 15.0. The summed E-state index contributed by atoms with van der Waals surface area (Å²) in [6, 6.07) is 7.30. The maximum Gasteiger partial charge on any atom is 0.306 e. The largest absolute Gasteiger partial charge is 0.481 e. The van der Waals surface area contributed by atoms with Crippen molar-refractivity contribution in [2.75, 3.05) is 18.8 Å². The van der Waals surface area contributed by atoms with Crippen molar-refractivity contribution in [2.24, 2.45) is 5.92 Å². The van der Waals surface area contributed by atoms with Gasteiger partial charge in [0.05, 0.1) is 16.6 Å². The Morgan fingerprint density at radius 3 is 2.48 bits per heavy atom. The average molecular weight is 309 g/mol. The molecule has 1 atom stereocenters. The van der Waals surface area contributed by atoms with Gasteiger partial charge in [-0.25, -0.2) is 8.42 Å². The third-order valence-electron chi connectivity index (χ3n) is 4.59. The molecule has 2 heterocycles. The van der Waals surface area contributed by atoms with Crippen molar-refractivity contribution in [1.29, 1.82) is 0 Å². The Balaban J connectivity index is 1.83. The molecule has 1 saturated heterocycles. The number of sulfone groups is 1. The van der Waals surface area contributed by atoms with Crippen LogP contribution in [0.2, 0.25) is 0 Å². The summed E-state index contributed by atoms with van der Waals surface area (Å²) in [5.41, 5.74) is 0.873. The van der Waals surface area contributed by atoms with Crippen LogP contribution in [0, 0.1) is 5.92 Å². The number of carboxylic acids is 1. The van der Waals surface area contributed by atoms with Gasteiger partial charge in [0, 0.05) is 6.04 Å². The number of benzene rings is 1. The normalized spacial score (nSPS) is 26.2. The van der Waals surface area contributed by atoms with Crippen LogP contribution in [0.15, 0.2) is 29.2 Å². The Hall–Kier alpha value is -1.40. The lowest BCUT2D eigenvalue weighted by Crippen LogP contribution is -2.41. The molecule has 21 heavy (non-hydrogen) atoms. The lowest BCUT2D eigenvalue weighted by molar-refractivity contribution is -0.143. The number of carboxylic acid groups (broad SMARTS) is 1. The van der Waals surface area contributed by atoms with Crippen LogP contribution in [-0.2, 0) is 14.6 Å². The smallest absolute Gasteiger partial charge is 0.306 e. The van der Waals surface area contributed by atoms with E-state index >= 15 is 0 Å². The highest BCUT2D eigenvalue weighted by atomic mass is 32.2. The molecular formula is C15H19NO4S. The molecule has 5 nitrogen and oxygen atoms in total. The van der Waals surface area contributed by atoms with E-state index < -0.39 is 15.8 Å². The van der Waals surface area contributed by atoms with Crippen LogP contribution in [0.1, 0.15) is 30.9 Å². The van der Waals surface area contributed by atoms with Crippen LogP contribution < -0.4 is 0 Å². The third-order valence-corrected chi connectivity index (χ3v) is 6.41. The van der Waals surface area contributed by atoms with Gasteiger partial charge in [0.1, 0.15) is 0 Å². The third kappa shape index (κ3) is 2.70. The number of likely N-dealkylation sites (tertiary alicyclic amines) is 1. The Bertz CT molecular complexity index is 647. The minimum atomic E-state index is -3.16. The summed E-state index contributed by atoms with van der Waals surface area (Å²) in [5.74, 6) is -0.807.